The van der Waals surface area contributed by atoms with E-state index in [1.165, 1.54) is 4.31 Å². The van der Waals surface area contributed by atoms with Crippen LogP contribution in [0.3, 0.4) is 0 Å². The van der Waals surface area contributed by atoms with E-state index < -0.39 is 10.2 Å². The van der Waals surface area contributed by atoms with Crippen LogP contribution in [0.25, 0.3) is 0 Å². The van der Waals surface area contributed by atoms with Gasteiger partial charge in [-0.15, -0.1) is 0 Å². The summed E-state index contributed by atoms with van der Waals surface area (Å²) in [6.45, 7) is 7.68. The highest BCUT2D eigenvalue weighted by atomic mass is 32.2. The van der Waals surface area contributed by atoms with Crippen LogP contribution >= 0.6 is 0 Å². The number of nitrogens with one attached hydrogen (secondary N) is 1. The molecule has 6 nitrogen and oxygen atoms in total. The predicted octanol–water partition coefficient (Wildman–Crippen LogP) is 0.163. The predicted molar refractivity (Wildman–Crippen MR) is 73.5 cm³/mol. The standard InChI is InChI=1S/C11H27N3O3S/c1-5-17-9-11(10(2)3)13-18(15,16)14(4)8-6-7-12/h10-11,13H,5-9,12H2,1-4H3. The SMILES string of the molecule is CCOCC(NS(=O)(=O)N(C)CCCN)C(C)C. The summed E-state index contributed by atoms with van der Waals surface area (Å²) >= 11 is 0. The number of rotatable bonds is 10. The van der Waals surface area contributed by atoms with E-state index in [0.717, 1.165) is 0 Å². The maximum absolute atomic E-state index is 12.0. The quantitative estimate of drug-likeness (QED) is 0.597. The molecular weight excluding hydrogens is 254 g/mol. The topological polar surface area (TPSA) is 84.7 Å². The third-order valence-corrected chi connectivity index (χ3v) is 4.30. The highest BCUT2D eigenvalue weighted by molar-refractivity contribution is 7.87. The number of nitrogens with two attached hydrogens (primary N) is 1. The molecular formula is C11H27N3O3S. The molecule has 0 radical (unpaired) electrons. The van der Waals surface area contributed by atoms with Crippen molar-refractivity contribution in [1.82, 2.24) is 9.03 Å². The highest BCUT2D eigenvalue weighted by Gasteiger charge is 2.24. The van der Waals surface area contributed by atoms with Gasteiger partial charge < -0.3 is 10.5 Å². The van der Waals surface area contributed by atoms with Crippen molar-refractivity contribution in [2.45, 2.75) is 33.2 Å². The second-order valence-electron chi connectivity index (χ2n) is 4.60. The van der Waals surface area contributed by atoms with Gasteiger partial charge in [-0.05, 0) is 25.8 Å². The lowest BCUT2D eigenvalue weighted by Gasteiger charge is -2.25. The molecule has 0 aromatic carbocycles. The minimum Gasteiger partial charge on any atom is -0.380 e. The molecule has 0 aliphatic rings. The lowest BCUT2D eigenvalue weighted by Crippen LogP contribution is -2.48. The third-order valence-electron chi connectivity index (χ3n) is 2.69. The van der Waals surface area contributed by atoms with Gasteiger partial charge >= 0.3 is 0 Å². The maximum atomic E-state index is 12.0. The monoisotopic (exact) mass is 281 g/mol. The zero-order valence-corrected chi connectivity index (χ0v) is 12.7. The molecule has 0 rings (SSSR count). The summed E-state index contributed by atoms with van der Waals surface area (Å²) < 4.78 is 33.3. The van der Waals surface area contributed by atoms with E-state index >= 15 is 0 Å². The van der Waals surface area contributed by atoms with Gasteiger partial charge in [-0.1, -0.05) is 13.8 Å². The molecule has 7 heteroatoms. The highest BCUT2D eigenvalue weighted by Crippen LogP contribution is 2.06. The van der Waals surface area contributed by atoms with Crippen LogP contribution in [0.5, 0.6) is 0 Å². The van der Waals surface area contributed by atoms with E-state index in [0.29, 0.717) is 32.7 Å². The molecule has 110 valence electrons. The average molecular weight is 281 g/mol. The van der Waals surface area contributed by atoms with Gasteiger partial charge in [0, 0.05) is 26.2 Å². The summed E-state index contributed by atoms with van der Waals surface area (Å²) in [5.41, 5.74) is 5.37. The summed E-state index contributed by atoms with van der Waals surface area (Å²) in [4.78, 5) is 0. The molecule has 1 atom stereocenters. The Morgan fingerprint density at radius 2 is 2.00 bits per heavy atom. The van der Waals surface area contributed by atoms with Gasteiger partial charge in [0.1, 0.15) is 0 Å². The molecule has 0 aromatic heterocycles. The first kappa shape index (κ1) is 17.8. The van der Waals surface area contributed by atoms with Crippen molar-refractivity contribution in [1.29, 1.82) is 0 Å². The van der Waals surface area contributed by atoms with Gasteiger partial charge in [0.2, 0.25) is 0 Å². The van der Waals surface area contributed by atoms with E-state index in [-0.39, 0.29) is 12.0 Å². The van der Waals surface area contributed by atoms with Gasteiger partial charge in [-0.3, -0.25) is 0 Å². The summed E-state index contributed by atoms with van der Waals surface area (Å²) in [5.74, 6) is 0.175. The van der Waals surface area contributed by atoms with Crippen molar-refractivity contribution in [2.24, 2.45) is 11.7 Å². The molecule has 0 aromatic rings. The number of hydrogen-bond acceptors (Lipinski definition) is 4. The fraction of sp³-hybridized carbons (Fsp3) is 1.00. The third kappa shape index (κ3) is 6.65. The summed E-state index contributed by atoms with van der Waals surface area (Å²) in [6, 6.07) is -0.213. The van der Waals surface area contributed by atoms with Crippen LogP contribution in [0.1, 0.15) is 27.2 Å². The van der Waals surface area contributed by atoms with Crippen molar-refractivity contribution in [2.75, 3.05) is 33.4 Å². The maximum Gasteiger partial charge on any atom is 0.279 e. The second kappa shape index (κ2) is 8.82. The first-order valence-corrected chi connectivity index (χ1v) is 7.80. The van der Waals surface area contributed by atoms with Crippen molar-refractivity contribution >= 4 is 10.2 Å². The van der Waals surface area contributed by atoms with Crippen molar-refractivity contribution < 1.29 is 13.2 Å². The Bertz CT molecular complexity index is 307. The Balaban J connectivity index is 4.49. The van der Waals surface area contributed by atoms with Crippen LogP contribution in [0.2, 0.25) is 0 Å². The van der Waals surface area contributed by atoms with Crippen LogP contribution in [0.4, 0.5) is 0 Å². The lowest BCUT2D eigenvalue weighted by molar-refractivity contribution is 0.115. The van der Waals surface area contributed by atoms with Crippen LogP contribution in [0, 0.1) is 5.92 Å². The Kier molecular flexibility index (Phi) is 8.71. The van der Waals surface area contributed by atoms with E-state index in [4.69, 9.17) is 10.5 Å². The molecule has 0 amide bonds. The first-order chi connectivity index (χ1) is 8.35. The molecule has 0 heterocycles. The van der Waals surface area contributed by atoms with E-state index in [1.54, 1.807) is 7.05 Å². The van der Waals surface area contributed by atoms with Crippen LogP contribution in [-0.4, -0.2) is 52.1 Å². The van der Waals surface area contributed by atoms with Gasteiger partial charge in [0.25, 0.3) is 10.2 Å². The Morgan fingerprint density at radius 1 is 1.39 bits per heavy atom. The molecule has 0 saturated heterocycles. The van der Waals surface area contributed by atoms with E-state index in [9.17, 15) is 8.42 Å². The number of nitrogens with zero attached hydrogens (tertiary/aromatic N) is 1. The molecule has 3 N–H and O–H groups in total. The summed E-state index contributed by atoms with van der Waals surface area (Å²) in [6.07, 6.45) is 0.648. The number of hydrogen-bond donors (Lipinski definition) is 2. The molecule has 0 saturated carbocycles. The molecule has 18 heavy (non-hydrogen) atoms. The molecule has 0 aliphatic heterocycles. The smallest absolute Gasteiger partial charge is 0.279 e. The van der Waals surface area contributed by atoms with Gasteiger partial charge in [0.05, 0.1) is 6.61 Å². The Morgan fingerprint density at radius 3 is 2.44 bits per heavy atom. The van der Waals surface area contributed by atoms with E-state index in [2.05, 4.69) is 4.72 Å². The van der Waals surface area contributed by atoms with Crippen molar-refractivity contribution in [3.8, 4) is 0 Å². The zero-order valence-electron chi connectivity index (χ0n) is 11.8. The van der Waals surface area contributed by atoms with Crippen molar-refractivity contribution in [3.63, 3.8) is 0 Å². The zero-order chi connectivity index (χ0) is 14.2. The number of ether oxygens (including phenoxy) is 1. The van der Waals surface area contributed by atoms with Crippen molar-refractivity contribution in [3.05, 3.63) is 0 Å². The van der Waals surface area contributed by atoms with Crippen LogP contribution < -0.4 is 10.5 Å². The van der Waals surface area contributed by atoms with Gasteiger partial charge in [-0.25, -0.2) is 0 Å². The minimum atomic E-state index is -3.46. The molecule has 0 bridgehead atoms. The fourth-order valence-corrected chi connectivity index (χ4v) is 2.59. The molecule has 0 fully saturated rings. The van der Waals surface area contributed by atoms with Crippen LogP contribution in [-0.2, 0) is 14.9 Å². The van der Waals surface area contributed by atoms with Crippen LogP contribution in [0.15, 0.2) is 0 Å². The average Bonchev–Trinajstić information content (AvgIpc) is 2.30. The Labute approximate surface area is 111 Å². The van der Waals surface area contributed by atoms with Gasteiger partial charge in [-0.2, -0.15) is 17.4 Å². The molecule has 1 unspecified atom stereocenters. The normalized spacial score (nSPS) is 14.4. The lowest BCUT2D eigenvalue weighted by atomic mass is 10.1. The van der Waals surface area contributed by atoms with Gasteiger partial charge in [0.15, 0.2) is 0 Å². The summed E-state index contributed by atoms with van der Waals surface area (Å²) in [5, 5.41) is 0. The molecule has 0 spiro atoms. The molecule has 0 aliphatic carbocycles. The Hall–Kier alpha value is -0.210. The summed E-state index contributed by atoms with van der Waals surface area (Å²) in [7, 11) is -1.91. The largest absolute Gasteiger partial charge is 0.380 e. The van der Waals surface area contributed by atoms with E-state index in [1.807, 2.05) is 20.8 Å². The first-order valence-electron chi connectivity index (χ1n) is 6.36. The fourth-order valence-electron chi connectivity index (χ4n) is 1.32. The minimum absolute atomic E-state index is 0.175. The second-order valence-corrected chi connectivity index (χ2v) is 6.41.